The summed E-state index contributed by atoms with van der Waals surface area (Å²) in [6.07, 6.45) is 0.816. The molecule has 2 aromatic rings. The molecule has 0 aliphatic carbocycles. The molecule has 4 rings (SSSR count). The molecular weight excluding hydrogens is 461 g/mol. The van der Waals surface area contributed by atoms with E-state index in [-0.39, 0.29) is 23.6 Å². The average Bonchev–Trinajstić information content (AvgIpc) is 3.19. The Morgan fingerprint density at radius 1 is 1.35 bits per heavy atom. The zero-order valence-corrected chi connectivity index (χ0v) is 19.4. The summed E-state index contributed by atoms with van der Waals surface area (Å²) in [5, 5.41) is 9.96. The number of hydrazone groups is 1. The van der Waals surface area contributed by atoms with Crippen LogP contribution in [0, 0.1) is 11.7 Å². The van der Waals surface area contributed by atoms with E-state index in [1.165, 1.54) is 6.07 Å². The zero-order chi connectivity index (χ0) is 22.0. The van der Waals surface area contributed by atoms with Gasteiger partial charge in [0.1, 0.15) is 11.5 Å². The van der Waals surface area contributed by atoms with E-state index >= 15 is 0 Å². The Kier molecular flexibility index (Phi) is 6.55. The number of benzene rings is 2. The summed E-state index contributed by atoms with van der Waals surface area (Å²) in [4.78, 5) is 13.0. The van der Waals surface area contributed by atoms with Gasteiger partial charge in [0.25, 0.3) is 0 Å². The topological polar surface area (TPSA) is 53.9 Å². The molecule has 2 aliphatic heterocycles. The smallest absolute Gasteiger partial charge is 0.176 e. The molecule has 1 N–H and O–H groups in total. The summed E-state index contributed by atoms with van der Waals surface area (Å²) < 4.78 is 21.3. The van der Waals surface area contributed by atoms with Crippen LogP contribution < -0.4 is 10.3 Å². The lowest BCUT2D eigenvalue weighted by atomic mass is 9.63. The van der Waals surface area contributed by atoms with E-state index in [1.54, 1.807) is 24.1 Å². The number of hydrogen-bond acceptors (Lipinski definition) is 5. The lowest BCUT2D eigenvalue weighted by Crippen LogP contribution is -2.58. The van der Waals surface area contributed by atoms with Crippen molar-refractivity contribution in [1.82, 2.24) is 5.32 Å². The Labute approximate surface area is 190 Å². The average molecular weight is 488 g/mol. The van der Waals surface area contributed by atoms with E-state index in [9.17, 15) is 9.18 Å². The van der Waals surface area contributed by atoms with Gasteiger partial charge in [0.15, 0.2) is 5.78 Å². The molecule has 164 valence electrons. The number of rotatable bonds is 6. The van der Waals surface area contributed by atoms with E-state index < -0.39 is 5.41 Å². The number of carbonyl (C=O) groups excluding carboxylic acids is 1. The number of hydrogen-bond donors (Lipinski definition) is 1. The number of ketones is 1. The van der Waals surface area contributed by atoms with Crippen molar-refractivity contribution in [2.75, 3.05) is 31.3 Å². The Balaban J connectivity index is 1.88. The molecule has 1 saturated heterocycles. The van der Waals surface area contributed by atoms with Gasteiger partial charge in [-0.15, -0.1) is 0 Å². The van der Waals surface area contributed by atoms with Crippen LogP contribution in [0.5, 0.6) is 0 Å². The van der Waals surface area contributed by atoms with Crippen LogP contribution in [0.25, 0.3) is 0 Å². The van der Waals surface area contributed by atoms with Gasteiger partial charge < -0.3 is 10.1 Å². The number of nitrogens with one attached hydrogen (secondary N) is 1. The second-order valence-corrected chi connectivity index (χ2v) is 9.06. The van der Waals surface area contributed by atoms with Crippen LogP contribution in [0.3, 0.4) is 0 Å². The van der Waals surface area contributed by atoms with Crippen LogP contribution in [-0.4, -0.2) is 43.8 Å². The second-order valence-electron chi connectivity index (χ2n) is 8.15. The first-order valence-corrected chi connectivity index (χ1v) is 11.5. The highest BCUT2D eigenvalue weighted by Gasteiger charge is 2.53. The van der Waals surface area contributed by atoms with Gasteiger partial charge in [-0.2, -0.15) is 5.10 Å². The first kappa shape index (κ1) is 22.1. The second kappa shape index (κ2) is 9.18. The van der Waals surface area contributed by atoms with Crippen LogP contribution in [0.4, 0.5) is 10.1 Å². The number of ether oxygens (including phenoxy) is 1. The number of Topliss-reactive ketones (excluding diaryl/α,β-unsaturated/α-hetero) is 1. The lowest BCUT2D eigenvalue weighted by Gasteiger charge is -2.43. The van der Waals surface area contributed by atoms with E-state index in [2.05, 4.69) is 28.2 Å². The van der Waals surface area contributed by atoms with E-state index in [4.69, 9.17) is 9.84 Å². The highest BCUT2D eigenvalue weighted by molar-refractivity contribution is 9.10. The number of halogens is 2. The zero-order valence-electron chi connectivity index (χ0n) is 17.8. The van der Waals surface area contributed by atoms with Crippen molar-refractivity contribution in [3.05, 3.63) is 64.4 Å². The number of nitrogens with zero attached hydrogens (tertiary/aromatic N) is 2. The fourth-order valence-electron chi connectivity index (χ4n) is 5.05. The molecule has 3 atom stereocenters. The summed E-state index contributed by atoms with van der Waals surface area (Å²) >= 11 is 3.43. The van der Waals surface area contributed by atoms with E-state index in [0.29, 0.717) is 31.2 Å². The molecule has 5 nitrogen and oxygen atoms in total. The molecule has 0 saturated carbocycles. The predicted octanol–water partition coefficient (Wildman–Crippen LogP) is 4.31. The maximum Gasteiger partial charge on any atom is 0.176 e. The summed E-state index contributed by atoms with van der Waals surface area (Å²) in [5.41, 5.74) is 1.15. The first-order chi connectivity index (χ1) is 15.0. The van der Waals surface area contributed by atoms with Gasteiger partial charge in [-0.05, 0) is 29.7 Å². The summed E-state index contributed by atoms with van der Waals surface area (Å²) in [7, 11) is 0. The first-order valence-electron chi connectivity index (χ1n) is 10.7. The Morgan fingerprint density at radius 2 is 2.13 bits per heavy atom. The molecule has 31 heavy (non-hydrogen) atoms. The molecule has 1 fully saturated rings. The molecule has 0 amide bonds. The standard InChI is InChI=1S/C24H27BrFN3O2/c1-3-19(21-14-31-12-11-27-21)24(17-7-5-4-6-8-17)15-29(28-23(24)16(2)30)22-13-18(25)9-10-20(22)26/h4-10,13,19,21,27H,3,11-12,14-15H2,1-2H3. The highest BCUT2D eigenvalue weighted by atomic mass is 79.9. The molecule has 2 aromatic carbocycles. The van der Waals surface area contributed by atoms with Gasteiger partial charge in [-0.3, -0.25) is 9.80 Å². The predicted molar refractivity (Wildman–Crippen MR) is 124 cm³/mol. The van der Waals surface area contributed by atoms with Gasteiger partial charge in [0.05, 0.1) is 30.9 Å². The summed E-state index contributed by atoms with van der Waals surface area (Å²) in [5.74, 6) is -0.430. The van der Waals surface area contributed by atoms with Crippen molar-refractivity contribution in [2.45, 2.75) is 31.7 Å². The van der Waals surface area contributed by atoms with Gasteiger partial charge in [0, 0.05) is 24.0 Å². The van der Waals surface area contributed by atoms with Crippen molar-refractivity contribution < 1.29 is 13.9 Å². The minimum Gasteiger partial charge on any atom is -0.379 e. The van der Waals surface area contributed by atoms with E-state index in [1.807, 2.05) is 30.3 Å². The van der Waals surface area contributed by atoms with Gasteiger partial charge >= 0.3 is 0 Å². The molecule has 3 unspecified atom stereocenters. The lowest BCUT2D eigenvalue weighted by molar-refractivity contribution is -0.111. The fraction of sp³-hybridized carbons (Fsp3) is 0.417. The quantitative estimate of drug-likeness (QED) is 0.659. The van der Waals surface area contributed by atoms with Crippen LogP contribution >= 0.6 is 15.9 Å². The highest BCUT2D eigenvalue weighted by Crippen LogP contribution is 2.45. The van der Waals surface area contributed by atoms with Gasteiger partial charge in [-0.1, -0.05) is 59.6 Å². The molecule has 7 heteroatoms. The van der Waals surface area contributed by atoms with Crippen molar-refractivity contribution >= 4 is 33.1 Å². The minimum absolute atomic E-state index is 0.0399. The number of morpholine rings is 1. The third-order valence-corrected chi connectivity index (χ3v) is 6.85. The Bertz CT molecular complexity index is 978. The molecular formula is C24H27BrFN3O2. The molecule has 0 aromatic heterocycles. The molecule has 0 spiro atoms. The fourth-order valence-corrected chi connectivity index (χ4v) is 5.40. The Morgan fingerprint density at radius 3 is 2.77 bits per heavy atom. The SMILES string of the molecule is CCC(C1COCCN1)C1(c2ccccc2)CN(c2cc(Br)ccc2F)N=C1C(C)=O. The van der Waals surface area contributed by atoms with Crippen molar-refractivity contribution in [2.24, 2.45) is 11.0 Å². The molecule has 0 radical (unpaired) electrons. The minimum atomic E-state index is -0.686. The largest absolute Gasteiger partial charge is 0.379 e. The van der Waals surface area contributed by atoms with Gasteiger partial charge in [0.2, 0.25) is 0 Å². The van der Waals surface area contributed by atoms with Gasteiger partial charge in [-0.25, -0.2) is 4.39 Å². The van der Waals surface area contributed by atoms with Crippen molar-refractivity contribution in [3.8, 4) is 0 Å². The van der Waals surface area contributed by atoms with Crippen LogP contribution in [0.2, 0.25) is 0 Å². The monoisotopic (exact) mass is 487 g/mol. The number of carbonyl (C=O) groups is 1. The van der Waals surface area contributed by atoms with Crippen LogP contribution in [0.1, 0.15) is 25.8 Å². The number of anilines is 1. The maximum atomic E-state index is 14.8. The van der Waals surface area contributed by atoms with E-state index in [0.717, 1.165) is 23.0 Å². The molecule has 2 heterocycles. The summed E-state index contributed by atoms with van der Waals surface area (Å²) in [6.45, 7) is 6.08. The molecule has 0 bridgehead atoms. The van der Waals surface area contributed by atoms with Crippen LogP contribution in [0.15, 0.2) is 58.1 Å². The van der Waals surface area contributed by atoms with Crippen molar-refractivity contribution in [1.29, 1.82) is 0 Å². The van der Waals surface area contributed by atoms with Crippen LogP contribution in [-0.2, 0) is 14.9 Å². The molecule has 2 aliphatic rings. The third kappa shape index (κ3) is 4.06. The van der Waals surface area contributed by atoms with Crippen molar-refractivity contribution in [3.63, 3.8) is 0 Å². The third-order valence-electron chi connectivity index (χ3n) is 6.36. The normalized spacial score (nSPS) is 24.7. The Hall–Kier alpha value is -2.09. The summed E-state index contributed by atoms with van der Waals surface area (Å²) in [6, 6.07) is 14.9. The maximum absolute atomic E-state index is 14.8.